The first-order valence-corrected chi connectivity index (χ1v) is 7.41. The van der Waals surface area contributed by atoms with Crippen molar-refractivity contribution in [1.29, 1.82) is 0 Å². The molecular formula is C19H15N3O. The number of aromatic hydroxyl groups is 1. The lowest BCUT2D eigenvalue weighted by Gasteiger charge is -2.00. The van der Waals surface area contributed by atoms with Crippen molar-refractivity contribution in [2.45, 2.75) is 6.92 Å². The Bertz CT molecular complexity index is 1040. The quantitative estimate of drug-likeness (QED) is 0.536. The van der Waals surface area contributed by atoms with Crippen LogP contribution in [0.25, 0.3) is 21.8 Å². The van der Waals surface area contributed by atoms with Crippen molar-refractivity contribution in [2.75, 3.05) is 0 Å². The van der Waals surface area contributed by atoms with Crippen molar-refractivity contribution < 1.29 is 5.11 Å². The van der Waals surface area contributed by atoms with Gasteiger partial charge in [-0.05, 0) is 30.7 Å². The van der Waals surface area contributed by atoms with Crippen LogP contribution in [-0.4, -0.2) is 21.3 Å². The molecule has 0 aliphatic rings. The zero-order valence-corrected chi connectivity index (χ0v) is 12.6. The molecule has 0 unspecified atom stereocenters. The third kappa shape index (κ3) is 2.34. The van der Waals surface area contributed by atoms with Crippen LogP contribution in [0.2, 0.25) is 0 Å². The molecule has 0 aliphatic carbocycles. The van der Waals surface area contributed by atoms with Gasteiger partial charge in [0.15, 0.2) is 5.88 Å². The van der Waals surface area contributed by atoms with E-state index in [0.717, 1.165) is 33.1 Å². The number of aromatic nitrogens is 2. The Labute approximate surface area is 133 Å². The summed E-state index contributed by atoms with van der Waals surface area (Å²) in [7, 11) is 0. The molecule has 0 saturated heterocycles. The highest BCUT2D eigenvalue weighted by Crippen LogP contribution is 2.28. The molecule has 112 valence electrons. The fourth-order valence-corrected chi connectivity index (χ4v) is 2.78. The molecule has 0 amide bonds. The van der Waals surface area contributed by atoms with Gasteiger partial charge in [-0.3, -0.25) is 9.98 Å². The van der Waals surface area contributed by atoms with Gasteiger partial charge in [-0.25, -0.2) is 0 Å². The number of aryl methyl sites for hydroxylation is 1. The van der Waals surface area contributed by atoms with E-state index in [1.54, 1.807) is 12.4 Å². The average Bonchev–Trinajstić information content (AvgIpc) is 2.87. The summed E-state index contributed by atoms with van der Waals surface area (Å²) >= 11 is 0. The zero-order valence-electron chi connectivity index (χ0n) is 12.6. The molecule has 0 atom stereocenters. The predicted octanol–water partition coefficient (Wildman–Crippen LogP) is 4.48. The number of hydrogen-bond donors (Lipinski definition) is 2. The number of rotatable bonds is 2. The standard InChI is InChI=1S/C19H15N3O/c1-12-7-8-14-15(19(23)22-17(14)10-12)11-21-16-6-2-4-13-5-3-9-20-18(13)16/h2-11,22-23H,1H3. The van der Waals surface area contributed by atoms with Crippen LogP contribution in [0.3, 0.4) is 0 Å². The molecule has 2 heterocycles. The number of pyridine rings is 1. The smallest absolute Gasteiger partial charge is 0.198 e. The maximum Gasteiger partial charge on any atom is 0.198 e. The first-order valence-electron chi connectivity index (χ1n) is 7.41. The van der Waals surface area contributed by atoms with E-state index in [1.807, 2.05) is 55.5 Å². The van der Waals surface area contributed by atoms with Crippen LogP contribution in [0.4, 0.5) is 5.69 Å². The molecule has 2 aromatic heterocycles. The topological polar surface area (TPSA) is 61.3 Å². The third-order valence-corrected chi connectivity index (χ3v) is 3.92. The van der Waals surface area contributed by atoms with E-state index in [2.05, 4.69) is 15.0 Å². The summed E-state index contributed by atoms with van der Waals surface area (Å²) in [5.74, 6) is 0.127. The lowest BCUT2D eigenvalue weighted by Crippen LogP contribution is -1.82. The molecule has 4 rings (SSSR count). The number of H-pyrrole nitrogens is 1. The Balaban J connectivity index is 1.83. The second kappa shape index (κ2) is 5.25. The van der Waals surface area contributed by atoms with Crippen LogP contribution in [-0.2, 0) is 0 Å². The van der Waals surface area contributed by atoms with Crippen molar-refractivity contribution in [3.63, 3.8) is 0 Å². The van der Waals surface area contributed by atoms with E-state index < -0.39 is 0 Å². The Kier molecular flexibility index (Phi) is 3.08. The summed E-state index contributed by atoms with van der Waals surface area (Å²) in [5.41, 5.74) is 4.36. The first-order chi connectivity index (χ1) is 11.2. The summed E-state index contributed by atoms with van der Waals surface area (Å²) in [4.78, 5) is 11.9. The van der Waals surface area contributed by atoms with E-state index in [0.29, 0.717) is 5.56 Å². The van der Waals surface area contributed by atoms with Crippen molar-refractivity contribution in [1.82, 2.24) is 9.97 Å². The molecule has 0 spiro atoms. The van der Waals surface area contributed by atoms with Gasteiger partial charge in [-0.15, -0.1) is 0 Å². The maximum absolute atomic E-state index is 10.2. The van der Waals surface area contributed by atoms with Crippen LogP contribution in [0, 0.1) is 6.92 Å². The minimum absolute atomic E-state index is 0.127. The molecule has 0 fully saturated rings. The van der Waals surface area contributed by atoms with Gasteiger partial charge in [0.05, 0.1) is 16.8 Å². The lowest BCUT2D eigenvalue weighted by atomic mass is 10.1. The molecule has 0 bridgehead atoms. The number of benzene rings is 2. The van der Waals surface area contributed by atoms with Crippen LogP contribution in [0.1, 0.15) is 11.1 Å². The summed E-state index contributed by atoms with van der Waals surface area (Å²) in [6, 6.07) is 15.8. The van der Waals surface area contributed by atoms with E-state index in [9.17, 15) is 5.11 Å². The highest BCUT2D eigenvalue weighted by atomic mass is 16.3. The minimum atomic E-state index is 0.127. The van der Waals surface area contributed by atoms with Crippen LogP contribution < -0.4 is 0 Å². The van der Waals surface area contributed by atoms with Gasteiger partial charge in [0.25, 0.3) is 0 Å². The Hall–Kier alpha value is -3.14. The van der Waals surface area contributed by atoms with E-state index >= 15 is 0 Å². The lowest BCUT2D eigenvalue weighted by molar-refractivity contribution is 0.457. The largest absolute Gasteiger partial charge is 0.494 e. The summed E-state index contributed by atoms with van der Waals surface area (Å²) in [5, 5.41) is 12.1. The predicted molar refractivity (Wildman–Crippen MR) is 93.7 cm³/mol. The fourth-order valence-electron chi connectivity index (χ4n) is 2.78. The number of aromatic amines is 1. The SMILES string of the molecule is Cc1ccc2c(C=Nc3cccc4cccnc34)c(O)[nH]c2c1. The van der Waals surface area contributed by atoms with Gasteiger partial charge in [-0.1, -0.05) is 30.3 Å². The third-order valence-electron chi connectivity index (χ3n) is 3.92. The molecule has 0 radical (unpaired) electrons. The van der Waals surface area contributed by atoms with E-state index in [4.69, 9.17) is 0 Å². The molecular weight excluding hydrogens is 286 g/mol. The van der Waals surface area contributed by atoms with Gasteiger partial charge in [-0.2, -0.15) is 0 Å². The van der Waals surface area contributed by atoms with Gasteiger partial charge in [0.1, 0.15) is 0 Å². The Morgan fingerprint density at radius 1 is 1.13 bits per heavy atom. The number of nitrogens with zero attached hydrogens (tertiary/aromatic N) is 2. The highest BCUT2D eigenvalue weighted by molar-refractivity contribution is 6.03. The second-order valence-electron chi connectivity index (χ2n) is 5.55. The monoisotopic (exact) mass is 301 g/mol. The van der Waals surface area contributed by atoms with Crippen molar-refractivity contribution in [3.8, 4) is 5.88 Å². The number of hydrogen-bond acceptors (Lipinski definition) is 3. The van der Waals surface area contributed by atoms with Crippen molar-refractivity contribution in [2.24, 2.45) is 4.99 Å². The normalized spacial score (nSPS) is 11.7. The molecule has 4 aromatic rings. The number of nitrogens with one attached hydrogen (secondary N) is 1. The average molecular weight is 301 g/mol. The molecule has 2 N–H and O–H groups in total. The van der Waals surface area contributed by atoms with E-state index in [1.165, 1.54) is 0 Å². The summed E-state index contributed by atoms with van der Waals surface area (Å²) in [6.45, 7) is 2.02. The highest BCUT2D eigenvalue weighted by Gasteiger charge is 2.09. The van der Waals surface area contributed by atoms with E-state index in [-0.39, 0.29) is 5.88 Å². The zero-order chi connectivity index (χ0) is 15.8. The van der Waals surface area contributed by atoms with Crippen molar-refractivity contribution >= 4 is 33.7 Å². The minimum Gasteiger partial charge on any atom is -0.494 e. The molecule has 2 aromatic carbocycles. The second-order valence-corrected chi connectivity index (χ2v) is 5.55. The Morgan fingerprint density at radius 2 is 2.00 bits per heavy atom. The molecule has 0 saturated carbocycles. The van der Waals surface area contributed by atoms with Gasteiger partial charge >= 0.3 is 0 Å². The molecule has 4 nitrogen and oxygen atoms in total. The molecule has 23 heavy (non-hydrogen) atoms. The maximum atomic E-state index is 10.2. The van der Waals surface area contributed by atoms with Crippen LogP contribution >= 0.6 is 0 Å². The molecule has 4 heteroatoms. The van der Waals surface area contributed by atoms with Crippen molar-refractivity contribution in [3.05, 3.63) is 65.9 Å². The van der Waals surface area contributed by atoms with Gasteiger partial charge in [0, 0.05) is 28.7 Å². The first kappa shape index (κ1) is 13.5. The fraction of sp³-hybridized carbons (Fsp3) is 0.0526. The summed E-state index contributed by atoms with van der Waals surface area (Å²) in [6.07, 6.45) is 3.44. The number of para-hydroxylation sites is 1. The number of aliphatic imine (C=N–C) groups is 1. The molecule has 0 aliphatic heterocycles. The summed E-state index contributed by atoms with van der Waals surface area (Å²) < 4.78 is 0. The Morgan fingerprint density at radius 3 is 2.91 bits per heavy atom. The van der Waals surface area contributed by atoms with Gasteiger partial charge < -0.3 is 10.1 Å². The van der Waals surface area contributed by atoms with Crippen LogP contribution in [0.5, 0.6) is 5.88 Å². The number of fused-ring (bicyclic) bond motifs is 2. The van der Waals surface area contributed by atoms with Crippen LogP contribution in [0.15, 0.2) is 59.7 Å². The van der Waals surface area contributed by atoms with Gasteiger partial charge in [0.2, 0.25) is 0 Å².